The summed E-state index contributed by atoms with van der Waals surface area (Å²) in [5.41, 5.74) is 2.58. The largest absolute Gasteiger partial charge is 0.469 e. The van der Waals surface area contributed by atoms with Crippen LogP contribution in [0.5, 0.6) is 0 Å². The van der Waals surface area contributed by atoms with E-state index >= 15 is 0 Å². The van der Waals surface area contributed by atoms with E-state index in [0.29, 0.717) is 13.0 Å². The third-order valence-electron chi connectivity index (χ3n) is 4.75. The highest BCUT2D eigenvalue weighted by molar-refractivity contribution is 9.10. The van der Waals surface area contributed by atoms with Gasteiger partial charge in [0.15, 0.2) is 0 Å². The van der Waals surface area contributed by atoms with Crippen molar-refractivity contribution in [2.45, 2.75) is 24.9 Å². The number of urea groups is 1. The van der Waals surface area contributed by atoms with Crippen molar-refractivity contribution >= 4 is 33.9 Å². The summed E-state index contributed by atoms with van der Waals surface area (Å²) in [5, 5.41) is 2.60. The number of H-pyrrole nitrogens is 1. The molecule has 1 aliphatic rings. The summed E-state index contributed by atoms with van der Waals surface area (Å²) < 4.78 is 10.2. The monoisotopic (exact) mass is 464 g/mol. The molecule has 1 aromatic carbocycles. The number of carbonyl (C=O) groups is 3. The number of nitrogens with zero attached hydrogens (tertiary/aromatic N) is 2. The van der Waals surface area contributed by atoms with Gasteiger partial charge in [-0.1, -0.05) is 28.1 Å². The van der Waals surface area contributed by atoms with E-state index in [1.807, 2.05) is 24.3 Å². The lowest BCUT2D eigenvalue weighted by Crippen LogP contribution is -2.52. The Hall–Kier alpha value is -2.88. The Morgan fingerprint density at radius 3 is 2.66 bits per heavy atom. The number of ether oxygens (including phenoxy) is 2. The molecular formula is C19H21BrN4O5. The molecule has 2 aromatic rings. The lowest BCUT2D eigenvalue weighted by molar-refractivity contribution is -0.149. The molecule has 9 nitrogen and oxygen atoms in total. The van der Waals surface area contributed by atoms with E-state index in [1.54, 1.807) is 11.2 Å². The lowest BCUT2D eigenvalue weighted by Gasteiger charge is -2.36. The number of hydrogen-bond donors (Lipinski definition) is 2. The zero-order valence-electron chi connectivity index (χ0n) is 16.0. The van der Waals surface area contributed by atoms with Gasteiger partial charge in [-0.05, 0) is 17.7 Å². The first-order valence-corrected chi connectivity index (χ1v) is 9.73. The fourth-order valence-electron chi connectivity index (χ4n) is 3.30. The van der Waals surface area contributed by atoms with Crippen LogP contribution in [-0.2, 0) is 25.5 Å². The van der Waals surface area contributed by atoms with Gasteiger partial charge in [0, 0.05) is 23.1 Å². The number of carbonyl (C=O) groups excluding carboxylic acids is 3. The number of halogens is 1. The minimum absolute atomic E-state index is 0.320. The van der Waals surface area contributed by atoms with Crippen LogP contribution in [0.1, 0.15) is 29.4 Å². The molecule has 0 bridgehead atoms. The van der Waals surface area contributed by atoms with Gasteiger partial charge < -0.3 is 24.7 Å². The predicted molar refractivity (Wildman–Crippen MR) is 106 cm³/mol. The van der Waals surface area contributed by atoms with Gasteiger partial charge in [0.1, 0.15) is 12.1 Å². The van der Waals surface area contributed by atoms with E-state index in [4.69, 9.17) is 4.74 Å². The summed E-state index contributed by atoms with van der Waals surface area (Å²) in [6, 6.07) is 5.52. The number of hydrogen-bond acceptors (Lipinski definition) is 6. The van der Waals surface area contributed by atoms with E-state index in [0.717, 1.165) is 21.4 Å². The van der Waals surface area contributed by atoms with Crippen LogP contribution in [0.2, 0.25) is 0 Å². The molecule has 0 fully saturated rings. The zero-order chi connectivity index (χ0) is 21.0. The zero-order valence-corrected chi connectivity index (χ0v) is 17.6. The second-order valence-corrected chi connectivity index (χ2v) is 7.38. The van der Waals surface area contributed by atoms with Crippen molar-refractivity contribution < 1.29 is 23.9 Å². The Morgan fingerprint density at radius 2 is 2.00 bits per heavy atom. The maximum Gasteiger partial charge on any atom is 0.329 e. The first-order valence-electron chi connectivity index (χ1n) is 8.94. The van der Waals surface area contributed by atoms with Crippen LogP contribution in [0.25, 0.3) is 0 Å². The van der Waals surface area contributed by atoms with Crippen LogP contribution in [0.4, 0.5) is 4.79 Å². The van der Waals surface area contributed by atoms with E-state index in [-0.39, 0.29) is 6.42 Å². The first-order chi connectivity index (χ1) is 13.9. The number of aromatic amines is 1. The maximum absolute atomic E-state index is 13.1. The quantitative estimate of drug-likeness (QED) is 0.653. The molecule has 2 N–H and O–H groups in total. The topological polar surface area (TPSA) is 114 Å². The number of aromatic nitrogens is 2. The molecule has 2 amide bonds. The smallest absolute Gasteiger partial charge is 0.329 e. The van der Waals surface area contributed by atoms with Crippen molar-refractivity contribution in [3.63, 3.8) is 0 Å². The number of rotatable bonds is 5. The van der Waals surface area contributed by atoms with Gasteiger partial charge in [0.25, 0.3) is 0 Å². The van der Waals surface area contributed by atoms with Gasteiger partial charge in [-0.25, -0.2) is 14.6 Å². The molecule has 3 rings (SSSR count). The van der Waals surface area contributed by atoms with Gasteiger partial charge in [0.2, 0.25) is 0 Å². The Kier molecular flexibility index (Phi) is 6.53. The number of esters is 2. The minimum atomic E-state index is -1.15. The van der Waals surface area contributed by atoms with Gasteiger partial charge in [-0.2, -0.15) is 0 Å². The standard InChI is InChI=1S/C19H21BrN4O5/c1-28-15(25)9-14(18(26)29-2)23-19(27)24-8-7-13-16(22-10-21-13)17(24)11-3-5-12(20)6-4-11/h3-6,10,14,17H,7-9H2,1-2H3,(H,21,22)(H,23,27)/t14-,17-/m0/s1. The van der Waals surface area contributed by atoms with Gasteiger partial charge in [-0.3, -0.25) is 4.79 Å². The summed E-state index contributed by atoms with van der Waals surface area (Å²) in [5.74, 6) is -1.35. The average molecular weight is 465 g/mol. The third kappa shape index (κ3) is 4.58. The van der Waals surface area contributed by atoms with E-state index in [1.165, 1.54) is 14.2 Å². The van der Waals surface area contributed by atoms with Crippen LogP contribution < -0.4 is 5.32 Å². The van der Waals surface area contributed by atoms with Gasteiger partial charge >= 0.3 is 18.0 Å². The Morgan fingerprint density at radius 1 is 1.28 bits per heavy atom. The first kappa shape index (κ1) is 20.8. The van der Waals surface area contributed by atoms with Crippen molar-refractivity contribution in [1.82, 2.24) is 20.2 Å². The third-order valence-corrected chi connectivity index (χ3v) is 5.28. The highest BCUT2D eigenvalue weighted by Crippen LogP contribution is 2.33. The molecule has 154 valence electrons. The van der Waals surface area contributed by atoms with Crippen LogP contribution in [0.15, 0.2) is 35.1 Å². The second-order valence-electron chi connectivity index (χ2n) is 6.47. The molecule has 0 spiro atoms. The molecule has 29 heavy (non-hydrogen) atoms. The Bertz CT molecular complexity index is 898. The minimum Gasteiger partial charge on any atom is -0.469 e. The molecule has 0 saturated carbocycles. The van der Waals surface area contributed by atoms with Crippen LogP contribution in [0.3, 0.4) is 0 Å². The molecule has 1 aliphatic heterocycles. The van der Waals surface area contributed by atoms with Crippen LogP contribution >= 0.6 is 15.9 Å². The van der Waals surface area contributed by atoms with Gasteiger partial charge in [-0.15, -0.1) is 0 Å². The number of methoxy groups -OCH3 is 2. The Balaban J connectivity index is 1.88. The maximum atomic E-state index is 13.1. The number of nitrogens with one attached hydrogen (secondary N) is 2. The van der Waals surface area contributed by atoms with E-state index in [9.17, 15) is 14.4 Å². The molecule has 10 heteroatoms. The fraction of sp³-hybridized carbons (Fsp3) is 0.368. The number of fused-ring (bicyclic) bond motifs is 1. The van der Waals surface area contributed by atoms with Crippen molar-refractivity contribution in [2.24, 2.45) is 0 Å². The molecule has 0 radical (unpaired) electrons. The lowest BCUT2D eigenvalue weighted by atomic mass is 9.96. The summed E-state index contributed by atoms with van der Waals surface area (Å²) >= 11 is 3.41. The summed E-state index contributed by atoms with van der Waals surface area (Å²) in [7, 11) is 2.41. The van der Waals surface area contributed by atoms with Crippen molar-refractivity contribution in [3.05, 3.63) is 52.0 Å². The molecule has 0 aliphatic carbocycles. The second kappa shape index (κ2) is 9.08. The van der Waals surface area contributed by atoms with Crippen molar-refractivity contribution in [2.75, 3.05) is 20.8 Å². The molecule has 0 saturated heterocycles. The van der Waals surface area contributed by atoms with E-state index < -0.39 is 30.1 Å². The number of benzene rings is 1. The number of amides is 2. The summed E-state index contributed by atoms with van der Waals surface area (Å²) in [6.07, 6.45) is 1.88. The molecular weight excluding hydrogens is 444 g/mol. The normalized spacial score (nSPS) is 16.5. The van der Waals surface area contributed by atoms with Crippen LogP contribution in [-0.4, -0.2) is 59.6 Å². The highest BCUT2D eigenvalue weighted by Gasteiger charge is 2.36. The number of imidazole rings is 1. The van der Waals surface area contributed by atoms with Crippen LogP contribution in [0, 0.1) is 0 Å². The van der Waals surface area contributed by atoms with Crippen molar-refractivity contribution in [1.29, 1.82) is 0 Å². The summed E-state index contributed by atoms with van der Waals surface area (Å²) in [6.45, 7) is 0.411. The van der Waals surface area contributed by atoms with E-state index in [2.05, 4.69) is 36.0 Å². The molecule has 0 unspecified atom stereocenters. The Labute approximate surface area is 175 Å². The fourth-order valence-corrected chi connectivity index (χ4v) is 3.56. The van der Waals surface area contributed by atoms with Gasteiger partial charge in [0.05, 0.1) is 32.7 Å². The predicted octanol–water partition coefficient (Wildman–Crippen LogP) is 1.93. The molecule has 2 atom stereocenters. The summed E-state index contributed by atoms with van der Waals surface area (Å²) in [4.78, 5) is 45.9. The SMILES string of the molecule is COC(=O)C[C@H](NC(=O)N1CCc2[nH]cnc2[C@@H]1c1ccc(Br)cc1)C(=O)OC. The van der Waals surface area contributed by atoms with Crippen molar-refractivity contribution in [3.8, 4) is 0 Å². The molecule has 2 heterocycles. The molecule has 1 aromatic heterocycles. The average Bonchev–Trinajstić information content (AvgIpc) is 3.21. The highest BCUT2D eigenvalue weighted by atomic mass is 79.9.